The Morgan fingerprint density at radius 2 is 1.04 bits per heavy atom. The topological polar surface area (TPSA) is 331 Å². The van der Waals surface area contributed by atoms with Crippen LogP contribution in [0, 0.1) is 27.7 Å². The van der Waals surface area contributed by atoms with Crippen molar-refractivity contribution in [3.05, 3.63) is 121 Å². The number of anilines is 2. The number of alkyl halides is 6. The highest BCUT2D eigenvalue weighted by atomic mass is 35.5. The first-order valence-electron chi connectivity index (χ1n) is 25.4. The number of halogens is 7. The molecule has 84 heavy (non-hydrogen) atoms. The van der Waals surface area contributed by atoms with E-state index in [1.54, 1.807) is 20.8 Å². The second kappa shape index (κ2) is 24.1. The zero-order valence-corrected chi connectivity index (χ0v) is 48.2. The summed E-state index contributed by atoms with van der Waals surface area (Å²) < 4.78 is 130. The minimum atomic E-state index is -4.76. The standard InChI is InChI=1S/C25H25F3N8O3S.C17H16ClF3N6O3S.C8H11BN2O2/c1-12-18(20(15-5-6-15)32-11-31-12)21-33-13(2)19-23(35-21)36(14(3)25(26,27)28)24(37)22(34-19)30-9-16-7-8-17(10-29-16)40(4,38)39;1-8-12-14(26-16(18)24-8)27(9(2)17(19,20)21)15(28)13(25-12)23-6-10-4-5-11(7-22-10)31(3,29)30;1-5-7(9(12)13)8(6-2-3-6)11-4-10-5/h7-8,10-11,14-15H,5-6,9H2,1-4H3,(H,30,34);4-5,7,9H,6H2,1-3H3,(H,23,25);4,6,12-13H,2-3H2,1H3/t14-;9-;/m00./s1. The van der Waals surface area contributed by atoms with Crippen molar-refractivity contribution in [2.75, 3.05) is 23.1 Å². The van der Waals surface area contributed by atoms with Gasteiger partial charge >= 0.3 is 19.5 Å². The van der Waals surface area contributed by atoms with E-state index in [1.165, 1.54) is 43.8 Å². The van der Waals surface area contributed by atoms with Crippen LogP contribution in [0.3, 0.4) is 0 Å². The van der Waals surface area contributed by atoms with Crippen LogP contribution >= 0.6 is 11.6 Å². The SMILES string of the molecule is Cc1nc(Cl)nc2c1nc(NCc1ccc(S(C)(=O)=O)cn1)c(=O)n2[C@@H](C)C(F)(F)F.Cc1ncnc(C2CC2)c1-c1nc(C)c2nc(NCc3ccc(S(C)(=O)=O)cn3)c(=O)n([C@@H](C)C(F)(F)F)c2n1.Cc1ncnc(C2CC2)c1B(O)O. The number of nitrogens with one attached hydrogen (secondary N) is 2. The summed E-state index contributed by atoms with van der Waals surface area (Å²) in [6, 6.07) is 1.10. The van der Waals surface area contributed by atoms with Crippen molar-refractivity contribution in [3.8, 4) is 11.4 Å². The summed E-state index contributed by atoms with van der Waals surface area (Å²) in [6.07, 6.45) is 1.84. The van der Waals surface area contributed by atoms with Gasteiger partial charge in [0.1, 0.15) is 35.8 Å². The first kappa shape index (κ1) is 62.3. The molecule has 0 amide bonds. The molecule has 2 aliphatic carbocycles. The van der Waals surface area contributed by atoms with Crippen molar-refractivity contribution in [1.29, 1.82) is 0 Å². The third kappa shape index (κ3) is 14.1. The average Bonchev–Trinajstić information content (AvgIpc) is 3.66. The molecule has 24 nitrogen and oxygen atoms in total. The van der Waals surface area contributed by atoms with Gasteiger partial charge in [-0.2, -0.15) is 31.3 Å². The van der Waals surface area contributed by atoms with Gasteiger partial charge in [-0.1, -0.05) is 0 Å². The van der Waals surface area contributed by atoms with Gasteiger partial charge in [0.15, 0.2) is 48.4 Å². The van der Waals surface area contributed by atoms with Gasteiger partial charge in [0.2, 0.25) is 5.28 Å². The third-order valence-corrected chi connectivity index (χ3v) is 15.8. The minimum absolute atomic E-state index is 0.00564. The van der Waals surface area contributed by atoms with E-state index in [0.29, 0.717) is 48.9 Å². The molecule has 0 aliphatic heterocycles. The molecular formula is C50H52BClF6N16O8S2. The molecule has 0 radical (unpaired) electrons. The Kier molecular flexibility index (Phi) is 17.9. The van der Waals surface area contributed by atoms with Crippen LogP contribution in [0.15, 0.2) is 68.7 Å². The van der Waals surface area contributed by atoms with Crippen molar-refractivity contribution in [2.45, 2.75) is 126 Å². The van der Waals surface area contributed by atoms with E-state index in [-0.39, 0.29) is 85.3 Å². The maximum atomic E-state index is 14.0. The number of aryl methyl sites for hydroxylation is 4. The van der Waals surface area contributed by atoms with Crippen molar-refractivity contribution >= 4 is 77.8 Å². The first-order valence-corrected chi connectivity index (χ1v) is 29.6. The molecule has 2 aliphatic rings. The number of pyridine rings is 2. The van der Waals surface area contributed by atoms with Gasteiger partial charge in [-0.05, 0) is 103 Å². The molecule has 8 heterocycles. The molecule has 0 spiro atoms. The Morgan fingerprint density at radius 1 is 0.607 bits per heavy atom. The highest BCUT2D eigenvalue weighted by molar-refractivity contribution is 7.91. The Bertz CT molecular complexity index is 4180. The summed E-state index contributed by atoms with van der Waals surface area (Å²) >= 11 is 5.78. The lowest BCUT2D eigenvalue weighted by atomic mass is 9.77. The highest BCUT2D eigenvalue weighted by Crippen LogP contribution is 2.44. The Labute approximate surface area is 479 Å². The predicted molar refractivity (Wildman–Crippen MR) is 295 cm³/mol. The number of sulfone groups is 2. The molecule has 34 heteroatoms. The Morgan fingerprint density at radius 3 is 1.45 bits per heavy atom. The van der Waals surface area contributed by atoms with Crippen LogP contribution in [0.1, 0.15) is 109 Å². The van der Waals surface area contributed by atoms with Crippen LogP contribution < -0.4 is 27.2 Å². The van der Waals surface area contributed by atoms with E-state index in [1.807, 2.05) is 0 Å². The zero-order chi connectivity index (χ0) is 61.5. The second-order valence-electron chi connectivity index (χ2n) is 19.9. The second-order valence-corrected chi connectivity index (χ2v) is 24.3. The molecule has 2 saturated carbocycles. The lowest BCUT2D eigenvalue weighted by molar-refractivity contribution is -0.163. The molecular weight excluding hydrogens is 1180 g/mol. The number of hydrogen-bond acceptors (Lipinski definition) is 22. The molecule has 0 saturated heterocycles. The van der Waals surface area contributed by atoms with Gasteiger partial charge in [-0.15, -0.1) is 0 Å². The van der Waals surface area contributed by atoms with Gasteiger partial charge in [0.25, 0.3) is 11.1 Å². The van der Waals surface area contributed by atoms with E-state index in [4.69, 9.17) is 21.6 Å². The normalized spacial score (nSPS) is 14.5. The molecule has 2 atom stereocenters. The lowest BCUT2D eigenvalue weighted by Crippen LogP contribution is -2.36. The molecule has 8 aromatic heterocycles. The van der Waals surface area contributed by atoms with Crippen LogP contribution in [0.5, 0.6) is 0 Å². The summed E-state index contributed by atoms with van der Waals surface area (Å²) in [5.74, 6) is 0.0163. The minimum Gasteiger partial charge on any atom is -0.423 e. The number of aromatic nitrogens is 14. The van der Waals surface area contributed by atoms with Crippen LogP contribution in [0.4, 0.5) is 38.0 Å². The Balaban J connectivity index is 0.000000184. The molecule has 4 N–H and O–H groups in total. The van der Waals surface area contributed by atoms with E-state index in [9.17, 15) is 52.8 Å². The molecule has 8 aromatic rings. The van der Waals surface area contributed by atoms with E-state index in [2.05, 4.69) is 70.4 Å². The van der Waals surface area contributed by atoms with Gasteiger partial charge in [-0.25, -0.2) is 61.7 Å². The number of rotatable bonds is 14. The van der Waals surface area contributed by atoms with Crippen molar-refractivity contribution < 1.29 is 53.2 Å². The molecule has 2 fully saturated rings. The molecule has 0 bridgehead atoms. The monoisotopic (exact) mass is 1230 g/mol. The van der Waals surface area contributed by atoms with Crippen LogP contribution in [-0.2, 0) is 32.8 Å². The summed E-state index contributed by atoms with van der Waals surface area (Å²) in [4.78, 5) is 76.0. The fourth-order valence-electron chi connectivity index (χ4n) is 8.52. The summed E-state index contributed by atoms with van der Waals surface area (Å²) in [5, 5.41) is 23.4. The fraction of sp³-hybridized carbons (Fsp3) is 0.400. The van der Waals surface area contributed by atoms with Gasteiger partial charge in [0.05, 0.1) is 62.6 Å². The molecule has 0 aromatic carbocycles. The maximum Gasteiger partial charge on any atom is 0.492 e. The first-order chi connectivity index (χ1) is 39.2. The number of hydrogen-bond donors (Lipinski definition) is 4. The summed E-state index contributed by atoms with van der Waals surface area (Å²) in [7, 11) is -8.34. The van der Waals surface area contributed by atoms with Crippen molar-refractivity contribution in [2.24, 2.45) is 0 Å². The van der Waals surface area contributed by atoms with Crippen molar-refractivity contribution in [3.63, 3.8) is 0 Å². The number of nitrogens with zero attached hydrogens (tertiary/aromatic N) is 14. The molecule has 0 unspecified atom stereocenters. The van der Waals surface area contributed by atoms with Crippen LogP contribution in [-0.4, -0.2) is 128 Å². The maximum absolute atomic E-state index is 14.0. The summed E-state index contributed by atoms with van der Waals surface area (Å²) in [6.45, 7) is 8.08. The summed E-state index contributed by atoms with van der Waals surface area (Å²) in [5.41, 5.74) is 2.26. The van der Waals surface area contributed by atoms with Gasteiger partial charge in [-0.3, -0.25) is 28.7 Å². The Hall–Kier alpha value is -7.75. The number of fused-ring (bicyclic) bond motifs is 2. The third-order valence-electron chi connectivity index (χ3n) is 13.4. The quantitative estimate of drug-likeness (QED) is 0.0576. The van der Waals surface area contributed by atoms with Crippen LogP contribution in [0.25, 0.3) is 33.7 Å². The zero-order valence-electron chi connectivity index (χ0n) is 45.8. The lowest BCUT2D eigenvalue weighted by Gasteiger charge is -2.22. The van der Waals surface area contributed by atoms with E-state index < -0.39 is 62.3 Å². The average molecular weight is 1230 g/mol. The van der Waals surface area contributed by atoms with Crippen LogP contribution in [0.2, 0.25) is 5.28 Å². The largest absolute Gasteiger partial charge is 0.492 e. The van der Waals surface area contributed by atoms with Gasteiger partial charge < -0.3 is 20.7 Å². The van der Waals surface area contributed by atoms with Crippen molar-refractivity contribution in [1.82, 2.24) is 68.9 Å². The van der Waals surface area contributed by atoms with E-state index >= 15 is 0 Å². The predicted octanol–water partition coefficient (Wildman–Crippen LogP) is 5.70. The molecule has 444 valence electrons. The van der Waals surface area contributed by atoms with Gasteiger partial charge in [0, 0.05) is 53.6 Å². The highest BCUT2D eigenvalue weighted by Gasteiger charge is 2.42. The molecule has 10 rings (SSSR count). The van der Waals surface area contributed by atoms with E-state index in [0.717, 1.165) is 75.8 Å². The smallest absolute Gasteiger partial charge is 0.423 e. The fourth-order valence-corrected chi connectivity index (χ4v) is 9.84.